The maximum Gasteiger partial charge on any atom is 0.313 e. The van der Waals surface area contributed by atoms with E-state index in [2.05, 4.69) is 31.4 Å². The van der Waals surface area contributed by atoms with E-state index in [0.29, 0.717) is 10.7 Å². The van der Waals surface area contributed by atoms with E-state index in [4.69, 9.17) is 11.6 Å². The van der Waals surface area contributed by atoms with Gasteiger partial charge in [0.05, 0.1) is 0 Å². The summed E-state index contributed by atoms with van der Waals surface area (Å²) in [7, 11) is 0. The van der Waals surface area contributed by atoms with Gasteiger partial charge in [-0.1, -0.05) is 32.4 Å². The molecule has 0 aliphatic carbocycles. The van der Waals surface area contributed by atoms with E-state index in [1.165, 1.54) is 0 Å². The maximum absolute atomic E-state index is 12.0. The van der Waals surface area contributed by atoms with Gasteiger partial charge in [-0.05, 0) is 49.9 Å². The summed E-state index contributed by atoms with van der Waals surface area (Å²) in [5.41, 5.74) is 0.143. The predicted molar refractivity (Wildman–Crippen MR) is 86.4 cm³/mol. The molecule has 1 rings (SSSR count). The van der Waals surface area contributed by atoms with E-state index in [1.54, 1.807) is 24.3 Å². The number of benzene rings is 1. The molecule has 0 aliphatic rings. The molecule has 0 radical (unpaired) electrons. The van der Waals surface area contributed by atoms with Crippen LogP contribution in [0.3, 0.4) is 0 Å². The predicted octanol–water partition coefficient (Wildman–Crippen LogP) is 3.61. The van der Waals surface area contributed by atoms with Crippen molar-refractivity contribution in [2.24, 2.45) is 5.41 Å². The summed E-state index contributed by atoms with van der Waals surface area (Å²) in [5, 5.41) is 5.88. The molecule has 4 nitrogen and oxygen atoms in total. The number of carbonyl (C=O) groups is 2. The molecular formula is C16H23ClN2O2. The average Bonchev–Trinajstić information content (AvgIpc) is 2.28. The minimum Gasteiger partial charge on any atom is -0.343 e. The van der Waals surface area contributed by atoms with E-state index >= 15 is 0 Å². The SMILES string of the molecule is CC(C)(C)CC(C)(C)NC(=O)C(=O)Nc1ccc(Cl)cc1. The van der Waals surface area contributed by atoms with Crippen molar-refractivity contribution in [3.05, 3.63) is 29.3 Å². The van der Waals surface area contributed by atoms with Gasteiger partial charge in [0.2, 0.25) is 0 Å². The molecule has 0 aliphatic heterocycles. The zero-order valence-corrected chi connectivity index (χ0v) is 14.0. The first-order valence-electron chi connectivity index (χ1n) is 6.88. The van der Waals surface area contributed by atoms with Crippen LogP contribution in [-0.4, -0.2) is 17.4 Å². The summed E-state index contributed by atoms with van der Waals surface area (Å²) >= 11 is 5.77. The molecule has 0 saturated heterocycles. The Morgan fingerprint density at radius 3 is 2.00 bits per heavy atom. The van der Waals surface area contributed by atoms with Gasteiger partial charge in [0.25, 0.3) is 0 Å². The van der Waals surface area contributed by atoms with Crippen LogP contribution in [0.5, 0.6) is 0 Å². The fraction of sp³-hybridized carbons (Fsp3) is 0.500. The van der Waals surface area contributed by atoms with Gasteiger partial charge in [-0.3, -0.25) is 9.59 Å². The van der Waals surface area contributed by atoms with Crippen LogP contribution < -0.4 is 10.6 Å². The van der Waals surface area contributed by atoms with E-state index < -0.39 is 17.4 Å². The molecule has 0 atom stereocenters. The highest BCUT2D eigenvalue weighted by Gasteiger charge is 2.29. The van der Waals surface area contributed by atoms with Gasteiger partial charge < -0.3 is 10.6 Å². The summed E-state index contributed by atoms with van der Waals surface area (Å²) in [4.78, 5) is 23.9. The van der Waals surface area contributed by atoms with Crippen LogP contribution in [0.2, 0.25) is 5.02 Å². The minimum absolute atomic E-state index is 0.0590. The Labute approximate surface area is 131 Å². The highest BCUT2D eigenvalue weighted by molar-refractivity contribution is 6.39. The second-order valence-electron chi connectivity index (χ2n) is 7.04. The van der Waals surface area contributed by atoms with Crippen molar-refractivity contribution >= 4 is 29.1 Å². The van der Waals surface area contributed by atoms with Crippen molar-refractivity contribution < 1.29 is 9.59 Å². The first kappa shape index (κ1) is 17.5. The van der Waals surface area contributed by atoms with Gasteiger partial charge in [-0.25, -0.2) is 0 Å². The highest BCUT2D eigenvalue weighted by atomic mass is 35.5. The quantitative estimate of drug-likeness (QED) is 0.838. The number of hydrogen-bond donors (Lipinski definition) is 2. The van der Waals surface area contributed by atoms with E-state index in [1.807, 2.05) is 13.8 Å². The van der Waals surface area contributed by atoms with Crippen molar-refractivity contribution in [1.82, 2.24) is 5.32 Å². The minimum atomic E-state index is -0.681. The Kier molecular flexibility index (Phi) is 5.40. The second-order valence-corrected chi connectivity index (χ2v) is 7.47. The number of nitrogens with one attached hydrogen (secondary N) is 2. The van der Waals surface area contributed by atoms with Crippen LogP contribution in [0.4, 0.5) is 5.69 Å². The number of rotatable bonds is 3. The third-order valence-corrected chi connectivity index (χ3v) is 2.98. The largest absolute Gasteiger partial charge is 0.343 e. The highest BCUT2D eigenvalue weighted by Crippen LogP contribution is 2.26. The van der Waals surface area contributed by atoms with Crippen LogP contribution in [-0.2, 0) is 9.59 Å². The summed E-state index contributed by atoms with van der Waals surface area (Å²) < 4.78 is 0. The Bertz CT molecular complexity index is 516. The fourth-order valence-corrected chi connectivity index (χ4v) is 2.58. The monoisotopic (exact) mass is 310 g/mol. The summed E-state index contributed by atoms with van der Waals surface area (Å²) in [6, 6.07) is 6.60. The Hall–Kier alpha value is -1.55. The van der Waals surface area contributed by atoms with Crippen LogP contribution in [0.15, 0.2) is 24.3 Å². The van der Waals surface area contributed by atoms with Gasteiger partial charge in [0.15, 0.2) is 0 Å². The molecule has 2 N–H and O–H groups in total. The maximum atomic E-state index is 12.0. The molecule has 0 aromatic heterocycles. The summed E-state index contributed by atoms with van der Waals surface area (Å²) in [6.45, 7) is 10.1. The van der Waals surface area contributed by atoms with E-state index in [9.17, 15) is 9.59 Å². The Morgan fingerprint density at radius 2 is 1.52 bits per heavy atom. The molecule has 116 valence electrons. The van der Waals surface area contributed by atoms with Crippen LogP contribution >= 0.6 is 11.6 Å². The molecule has 0 heterocycles. The number of amides is 2. The number of hydrogen-bond acceptors (Lipinski definition) is 2. The molecular weight excluding hydrogens is 288 g/mol. The third kappa shape index (κ3) is 6.63. The van der Waals surface area contributed by atoms with Crippen molar-refractivity contribution in [2.45, 2.75) is 46.6 Å². The lowest BCUT2D eigenvalue weighted by molar-refractivity contribution is -0.137. The molecule has 5 heteroatoms. The lowest BCUT2D eigenvalue weighted by Gasteiger charge is -2.33. The smallest absolute Gasteiger partial charge is 0.313 e. The Balaban J connectivity index is 2.62. The standard InChI is InChI=1S/C16H23ClN2O2/c1-15(2,3)10-16(4,5)19-14(21)13(20)18-12-8-6-11(17)7-9-12/h6-9H,10H2,1-5H3,(H,18,20)(H,19,21). The number of carbonyl (C=O) groups excluding carboxylic acids is 2. The van der Waals surface area contributed by atoms with Crippen molar-refractivity contribution in [2.75, 3.05) is 5.32 Å². The van der Waals surface area contributed by atoms with Gasteiger partial charge >= 0.3 is 11.8 Å². The zero-order valence-electron chi connectivity index (χ0n) is 13.2. The van der Waals surface area contributed by atoms with Gasteiger partial charge in [0, 0.05) is 16.2 Å². The second kappa shape index (κ2) is 6.48. The molecule has 0 bridgehead atoms. The Morgan fingerprint density at radius 1 is 1.00 bits per heavy atom. The number of halogens is 1. The van der Waals surface area contributed by atoms with Crippen LogP contribution in [0, 0.1) is 5.41 Å². The molecule has 1 aromatic rings. The van der Waals surface area contributed by atoms with Crippen molar-refractivity contribution in [3.63, 3.8) is 0 Å². The lowest BCUT2D eigenvalue weighted by Crippen LogP contribution is -2.49. The van der Waals surface area contributed by atoms with Crippen LogP contribution in [0.1, 0.15) is 41.0 Å². The van der Waals surface area contributed by atoms with Crippen LogP contribution in [0.25, 0.3) is 0 Å². The molecule has 0 unspecified atom stereocenters. The summed E-state index contributed by atoms with van der Waals surface area (Å²) in [5.74, 6) is -1.32. The molecule has 0 saturated carbocycles. The van der Waals surface area contributed by atoms with Gasteiger partial charge in [0.1, 0.15) is 0 Å². The average molecular weight is 311 g/mol. The normalized spacial score (nSPS) is 11.9. The molecule has 0 spiro atoms. The fourth-order valence-electron chi connectivity index (χ4n) is 2.46. The van der Waals surface area contributed by atoms with Crippen molar-refractivity contribution in [3.8, 4) is 0 Å². The lowest BCUT2D eigenvalue weighted by atomic mass is 9.82. The zero-order chi connectivity index (χ0) is 16.3. The van der Waals surface area contributed by atoms with Gasteiger partial charge in [-0.15, -0.1) is 0 Å². The molecule has 21 heavy (non-hydrogen) atoms. The molecule has 0 fully saturated rings. The van der Waals surface area contributed by atoms with Gasteiger partial charge in [-0.2, -0.15) is 0 Å². The third-order valence-electron chi connectivity index (χ3n) is 2.73. The summed E-state index contributed by atoms with van der Waals surface area (Å²) in [6.07, 6.45) is 0.764. The first-order chi connectivity index (χ1) is 9.48. The van der Waals surface area contributed by atoms with E-state index in [-0.39, 0.29) is 5.41 Å². The topological polar surface area (TPSA) is 58.2 Å². The molecule has 1 aromatic carbocycles. The van der Waals surface area contributed by atoms with E-state index in [0.717, 1.165) is 6.42 Å². The molecule has 2 amide bonds. The first-order valence-corrected chi connectivity index (χ1v) is 7.25. The number of anilines is 1. The van der Waals surface area contributed by atoms with Crippen molar-refractivity contribution in [1.29, 1.82) is 0 Å².